The zero-order chi connectivity index (χ0) is 23.2. The van der Waals surface area contributed by atoms with E-state index < -0.39 is 52.2 Å². The predicted molar refractivity (Wildman–Crippen MR) is 104 cm³/mol. The Kier molecular flexibility index (Phi) is 5.70. The summed E-state index contributed by atoms with van der Waals surface area (Å²) in [6, 6.07) is 1.75. The Morgan fingerprint density at radius 2 is 1.81 bits per heavy atom. The minimum absolute atomic E-state index is 0.0668. The van der Waals surface area contributed by atoms with E-state index in [9.17, 15) is 31.9 Å². The number of nitrogens with zero attached hydrogens (tertiary/aromatic N) is 3. The topological polar surface area (TPSA) is 89.5 Å². The van der Waals surface area contributed by atoms with Gasteiger partial charge in [0.1, 0.15) is 5.92 Å². The number of rotatable bonds is 5. The molecule has 0 atom stereocenters. The van der Waals surface area contributed by atoms with Crippen LogP contribution in [0.1, 0.15) is 42.2 Å². The van der Waals surface area contributed by atoms with Crippen molar-refractivity contribution in [3.05, 3.63) is 29.2 Å². The molecule has 2 aromatic rings. The van der Waals surface area contributed by atoms with Crippen LogP contribution in [0.5, 0.6) is 0 Å². The van der Waals surface area contributed by atoms with E-state index in [4.69, 9.17) is 4.74 Å². The van der Waals surface area contributed by atoms with E-state index in [0.29, 0.717) is 19.7 Å². The fraction of sp³-hybridized carbons (Fsp3) is 0.476. The van der Waals surface area contributed by atoms with Crippen LogP contribution in [0, 0.1) is 11.7 Å². The highest BCUT2D eigenvalue weighted by Gasteiger charge is 2.43. The van der Waals surface area contributed by atoms with Gasteiger partial charge in [0.15, 0.2) is 40.3 Å². The first kappa shape index (κ1) is 22.3. The van der Waals surface area contributed by atoms with Crippen LogP contribution in [-0.2, 0) is 20.5 Å². The van der Waals surface area contributed by atoms with Gasteiger partial charge in [0, 0.05) is 37.9 Å². The third-order valence-corrected chi connectivity index (χ3v) is 5.57. The SMILES string of the molecule is CCOC1CN(c2nc3nc(C(F)(F)F)c(C(=O)C4C(=O)CCCC4=O)cc3cc2F)C1. The number of Topliss-reactive ketones (excluding diaryl/α,β-unsaturated/α-hetero) is 3. The number of ketones is 3. The van der Waals surface area contributed by atoms with Crippen molar-refractivity contribution in [1.29, 1.82) is 0 Å². The summed E-state index contributed by atoms with van der Waals surface area (Å²) in [5, 5.41) is -0.139. The zero-order valence-corrected chi connectivity index (χ0v) is 17.0. The molecule has 1 aliphatic heterocycles. The van der Waals surface area contributed by atoms with Crippen LogP contribution in [0.4, 0.5) is 23.4 Å². The van der Waals surface area contributed by atoms with Crippen LogP contribution in [0.2, 0.25) is 0 Å². The van der Waals surface area contributed by atoms with E-state index in [1.165, 1.54) is 4.90 Å². The third kappa shape index (κ3) is 3.96. The number of alkyl halides is 3. The summed E-state index contributed by atoms with van der Waals surface area (Å²) in [5.41, 5.74) is -2.89. The molecule has 1 saturated heterocycles. The van der Waals surface area contributed by atoms with E-state index in [1.807, 2.05) is 6.92 Å². The fourth-order valence-corrected chi connectivity index (χ4v) is 4.00. The molecule has 2 fully saturated rings. The second kappa shape index (κ2) is 8.19. The van der Waals surface area contributed by atoms with Crippen LogP contribution in [0.25, 0.3) is 11.0 Å². The van der Waals surface area contributed by atoms with Crippen molar-refractivity contribution in [3.8, 4) is 0 Å². The smallest absolute Gasteiger partial charge is 0.375 e. The molecule has 11 heteroatoms. The Balaban J connectivity index is 1.77. The molecule has 32 heavy (non-hydrogen) atoms. The van der Waals surface area contributed by atoms with Crippen molar-refractivity contribution in [2.24, 2.45) is 5.92 Å². The summed E-state index contributed by atoms with van der Waals surface area (Å²) < 4.78 is 61.3. The molecule has 0 aromatic carbocycles. The standard InChI is InChI=1S/C21H19F4N3O4/c1-2-32-11-8-28(9-11)20-13(22)7-10-6-12(18(21(23,24)25)26-19(10)27-20)17(31)16-14(29)4-3-5-15(16)30/h6-7,11,16H,2-5,8-9H2,1H3. The van der Waals surface area contributed by atoms with Crippen molar-refractivity contribution in [2.75, 3.05) is 24.6 Å². The monoisotopic (exact) mass is 453 g/mol. The van der Waals surface area contributed by atoms with E-state index in [2.05, 4.69) is 9.97 Å². The lowest BCUT2D eigenvalue weighted by atomic mass is 9.81. The van der Waals surface area contributed by atoms with Gasteiger partial charge in [-0.25, -0.2) is 14.4 Å². The molecule has 0 N–H and O–H groups in total. The van der Waals surface area contributed by atoms with Gasteiger partial charge < -0.3 is 9.64 Å². The molecular weight excluding hydrogens is 434 g/mol. The van der Waals surface area contributed by atoms with E-state index >= 15 is 0 Å². The van der Waals surface area contributed by atoms with Gasteiger partial charge in [0.05, 0.1) is 11.7 Å². The first-order valence-electron chi connectivity index (χ1n) is 10.1. The molecule has 0 bridgehead atoms. The molecule has 7 nitrogen and oxygen atoms in total. The Bertz CT molecular complexity index is 1100. The van der Waals surface area contributed by atoms with Crippen molar-refractivity contribution in [1.82, 2.24) is 9.97 Å². The van der Waals surface area contributed by atoms with Gasteiger partial charge in [-0.05, 0) is 25.5 Å². The average Bonchev–Trinajstić information content (AvgIpc) is 2.68. The second-order valence-corrected chi connectivity index (χ2v) is 7.79. The molecule has 3 heterocycles. The number of fused-ring (bicyclic) bond motifs is 1. The number of carbonyl (C=O) groups is 3. The molecule has 0 amide bonds. The lowest BCUT2D eigenvalue weighted by molar-refractivity contribution is -0.142. The molecule has 1 saturated carbocycles. The van der Waals surface area contributed by atoms with Crippen molar-refractivity contribution >= 4 is 34.2 Å². The van der Waals surface area contributed by atoms with Gasteiger partial charge in [-0.15, -0.1) is 0 Å². The summed E-state index contributed by atoms with van der Waals surface area (Å²) >= 11 is 0. The number of halogens is 4. The second-order valence-electron chi connectivity index (χ2n) is 7.79. The van der Waals surface area contributed by atoms with Crippen LogP contribution in [0.15, 0.2) is 12.1 Å². The van der Waals surface area contributed by atoms with Crippen molar-refractivity contribution in [2.45, 2.75) is 38.5 Å². The largest absolute Gasteiger partial charge is 0.434 e. The maximum atomic E-state index is 14.7. The Morgan fingerprint density at radius 3 is 2.41 bits per heavy atom. The van der Waals surface area contributed by atoms with Gasteiger partial charge in [-0.1, -0.05) is 0 Å². The Morgan fingerprint density at radius 1 is 1.16 bits per heavy atom. The number of carbonyl (C=O) groups excluding carboxylic acids is 3. The molecule has 170 valence electrons. The summed E-state index contributed by atoms with van der Waals surface area (Å²) in [5.74, 6) is -5.46. The van der Waals surface area contributed by atoms with E-state index in [-0.39, 0.29) is 36.6 Å². The molecule has 4 rings (SSSR count). The predicted octanol–water partition coefficient (Wildman–Crippen LogP) is 3.13. The number of ether oxygens (including phenoxy) is 1. The Hall–Kier alpha value is -2.95. The number of hydrogen-bond acceptors (Lipinski definition) is 7. The van der Waals surface area contributed by atoms with Crippen LogP contribution in [0.3, 0.4) is 0 Å². The van der Waals surface area contributed by atoms with E-state index in [1.54, 1.807) is 0 Å². The van der Waals surface area contributed by atoms with Crippen LogP contribution >= 0.6 is 0 Å². The molecule has 0 spiro atoms. The average molecular weight is 453 g/mol. The maximum absolute atomic E-state index is 14.7. The quantitative estimate of drug-likeness (QED) is 0.390. The molecule has 0 unspecified atom stereocenters. The maximum Gasteiger partial charge on any atom is 0.434 e. The van der Waals surface area contributed by atoms with Gasteiger partial charge in [0.25, 0.3) is 0 Å². The fourth-order valence-electron chi connectivity index (χ4n) is 4.00. The van der Waals surface area contributed by atoms with Crippen molar-refractivity contribution in [3.63, 3.8) is 0 Å². The van der Waals surface area contributed by atoms with Gasteiger partial charge in [-0.2, -0.15) is 13.2 Å². The van der Waals surface area contributed by atoms with Crippen LogP contribution < -0.4 is 4.90 Å². The lowest BCUT2D eigenvalue weighted by Crippen LogP contribution is -2.53. The third-order valence-electron chi connectivity index (χ3n) is 5.57. The summed E-state index contributed by atoms with van der Waals surface area (Å²) in [4.78, 5) is 46.0. The molecule has 2 aliphatic rings. The van der Waals surface area contributed by atoms with Gasteiger partial charge in [0.2, 0.25) is 0 Å². The molecule has 2 aromatic heterocycles. The highest BCUT2D eigenvalue weighted by Crippen LogP contribution is 2.35. The normalized spacial score (nSPS) is 18.3. The summed E-state index contributed by atoms with van der Waals surface area (Å²) in [7, 11) is 0. The lowest BCUT2D eigenvalue weighted by Gasteiger charge is -2.39. The van der Waals surface area contributed by atoms with Gasteiger partial charge in [-0.3, -0.25) is 14.4 Å². The summed E-state index contributed by atoms with van der Waals surface area (Å²) in [6.07, 6.45) is -5.05. The highest BCUT2D eigenvalue weighted by atomic mass is 19.4. The minimum atomic E-state index is -5.05. The highest BCUT2D eigenvalue weighted by molar-refractivity contribution is 6.25. The molecule has 1 aliphatic carbocycles. The molecular formula is C21H19F4N3O4. The first-order chi connectivity index (χ1) is 15.1. The number of hydrogen-bond donors (Lipinski definition) is 0. The van der Waals surface area contributed by atoms with Crippen molar-refractivity contribution < 1.29 is 36.7 Å². The zero-order valence-electron chi connectivity index (χ0n) is 17.0. The summed E-state index contributed by atoms with van der Waals surface area (Å²) in [6.45, 7) is 2.95. The minimum Gasteiger partial charge on any atom is -0.375 e. The number of pyridine rings is 2. The van der Waals surface area contributed by atoms with E-state index in [0.717, 1.165) is 12.1 Å². The van der Waals surface area contributed by atoms with Crippen LogP contribution in [-0.4, -0.2) is 53.1 Å². The first-order valence-corrected chi connectivity index (χ1v) is 10.1. The molecule has 0 radical (unpaired) electrons. The Labute approximate surface area is 179 Å². The number of anilines is 1. The van der Waals surface area contributed by atoms with Gasteiger partial charge >= 0.3 is 6.18 Å². The number of aromatic nitrogens is 2.